The highest BCUT2D eigenvalue weighted by atomic mass is 16.5. The van der Waals surface area contributed by atoms with Crippen LogP contribution in [0.2, 0.25) is 0 Å². The normalized spacial score (nSPS) is 11.3. The molecule has 2 rings (SSSR count). The van der Waals surface area contributed by atoms with Crippen molar-refractivity contribution in [3.8, 4) is 0 Å². The zero-order valence-corrected chi connectivity index (χ0v) is 14.3. The Bertz CT molecular complexity index is 688. The third kappa shape index (κ3) is 4.06. The number of nitrogens with zero attached hydrogens (tertiary/aromatic N) is 4. The van der Waals surface area contributed by atoms with Gasteiger partial charge in [0.15, 0.2) is 5.82 Å². The molecule has 2 aromatic rings. The molecule has 7 nitrogen and oxygen atoms in total. The van der Waals surface area contributed by atoms with E-state index in [2.05, 4.69) is 20.7 Å². The Labute approximate surface area is 136 Å². The number of nitrogens with one attached hydrogen (secondary N) is 1. The summed E-state index contributed by atoms with van der Waals surface area (Å²) >= 11 is 0. The van der Waals surface area contributed by atoms with Gasteiger partial charge in [0, 0.05) is 5.69 Å². The highest BCUT2D eigenvalue weighted by Crippen LogP contribution is 2.19. The van der Waals surface area contributed by atoms with E-state index in [1.165, 1.54) is 7.11 Å². The van der Waals surface area contributed by atoms with Crippen molar-refractivity contribution in [2.75, 3.05) is 12.4 Å². The third-order valence-corrected chi connectivity index (χ3v) is 3.40. The van der Waals surface area contributed by atoms with E-state index in [0.717, 1.165) is 17.7 Å². The zero-order chi connectivity index (χ0) is 17.0. The first kappa shape index (κ1) is 16.9. The number of methoxy groups -OCH3 is 1. The fraction of sp³-hybridized carbons (Fsp3) is 0.500. The molecule has 0 saturated carbocycles. The molecule has 124 valence electrons. The number of carbonyl (C=O) groups is 1. The van der Waals surface area contributed by atoms with E-state index >= 15 is 0 Å². The number of rotatable bonds is 5. The van der Waals surface area contributed by atoms with Crippen LogP contribution in [-0.2, 0) is 23.2 Å². The smallest absolute Gasteiger partial charge is 0.337 e. The summed E-state index contributed by atoms with van der Waals surface area (Å²) in [7, 11) is 1.38. The van der Waals surface area contributed by atoms with E-state index in [4.69, 9.17) is 4.74 Å². The predicted octanol–water partition coefficient (Wildman–Crippen LogP) is 2.39. The van der Waals surface area contributed by atoms with Crippen LogP contribution in [0.5, 0.6) is 0 Å². The molecule has 1 heterocycles. The first-order valence-corrected chi connectivity index (χ1v) is 7.59. The van der Waals surface area contributed by atoms with Crippen LogP contribution >= 0.6 is 0 Å². The molecule has 0 bridgehead atoms. The van der Waals surface area contributed by atoms with Crippen molar-refractivity contribution < 1.29 is 9.53 Å². The van der Waals surface area contributed by atoms with Crippen molar-refractivity contribution in [3.63, 3.8) is 0 Å². The molecule has 0 aliphatic heterocycles. The number of aromatic nitrogens is 4. The van der Waals surface area contributed by atoms with Crippen molar-refractivity contribution in [2.24, 2.45) is 0 Å². The van der Waals surface area contributed by atoms with E-state index in [1.807, 2.05) is 39.8 Å². The van der Waals surface area contributed by atoms with Gasteiger partial charge in [-0.1, -0.05) is 6.92 Å². The Kier molecular flexibility index (Phi) is 4.98. The van der Waals surface area contributed by atoms with Gasteiger partial charge in [-0.2, -0.15) is 4.80 Å². The molecule has 0 atom stereocenters. The molecule has 1 aromatic heterocycles. The van der Waals surface area contributed by atoms with Gasteiger partial charge in [-0.15, -0.1) is 10.2 Å². The molecule has 0 fully saturated rings. The number of tetrazole rings is 1. The molecule has 7 heteroatoms. The van der Waals surface area contributed by atoms with Gasteiger partial charge in [-0.3, -0.25) is 0 Å². The molecule has 0 unspecified atom stereocenters. The Balaban J connectivity index is 2.11. The van der Waals surface area contributed by atoms with Crippen molar-refractivity contribution in [3.05, 3.63) is 35.2 Å². The van der Waals surface area contributed by atoms with Crippen LogP contribution < -0.4 is 5.32 Å². The Morgan fingerprint density at radius 3 is 2.65 bits per heavy atom. The van der Waals surface area contributed by atoms with Crippen LogP contribution in [0.3, 0.4) is 0 Å². The maximum atomic E-state index is 11.6. The molecule has 1 N–H and O–H groups in total. The summed E-state index contributed by atoms with van der Waals surface area (Å²) < 4.78 is 4.75. The second-order valence-electron chi connectivity index (χ2n) is 6.24. The van der Waals surface area contributed by atoms with Gasteiger partial charge in [0.05, 0.1) is 24.8 Å². The van der Waals surface area contributed by atoms with Gasteiger partial charge in [-0.05, 0) is 56.2 Å². The van der Waals surface area contributed by atoms with Gasteiger partial charge in [-0.25, -0.2) is 4.79 Å². The van der Waals surface area contributed by atoms with E-state index in [-0.39, 0.29) is 11.5 Å². The maximum absolute atomic E-state index is 11.6. The van der Waals surface area contributed by atoms with Gasteiger partial charge in [0.2, 0.25) is 0 Å². The van der Waals surface area contributed by atoms with Crippen molar-refractivity contribution in [1.29, 1.82) is 0 Å². The molecule has 0 saturated heterocycles. The second-order valence-corrected chi connectivity index (χ2v) is 6.24. The minimum atomic E-state index is -0.332. The summed E-state index contributed by atoms with van der Waals surface area (Å²) in [6.45, 7) is 8.57. The van der Waals surface area contributed by atoms with Gasteiger partial charge >= 0.3 is 5.97 Å². The maximum Gasteiger partial charge on any atom is 0.337 e. The molecule has 0 aliphatic carbocycles. The Morgan fingerprint density at radius 1 is 1.35 bits per heavy atom. The standard InChI is InChI=1S/C16H23N5O2/c1-6-11-9-12(15(22)23-5)7-8-13(11)17-10-14-18-20-21(19-14)16(2,3)4/h7-9,17H,6,10H2,1-5H3. The first-order valence-electron chi connectivity index (χ1n) is 7.59. The summed E-state index contributed by atoms with van der Waals surface area (Å²) in [5.41, 5.74) is 2.34. The number of ether oxygens (including phenoxy) is 1. The van der Waals surface area contributed by atoms with Crippen LogP contribution in [0.4, 0.5) is 5.69 Å². The molecule has 0 aliphatic rings. The number of benzene rings is 1. The van der Waals surface area contributed by atoms with E-state index in [1.54, 1.807) is 10.9 Å². The SMILES string of the molecule is CCc1cc(C(=O)OC)ccc1NCc1nnn(C(C)(C)C)n1. The fourth-order valence-corrected chi connectivity index (χ4v) is 2.08. The third-order valence-electron chi connectivity index (χ3n) is 3.40. The molecule has 23 heavy (non-hydrogen) atoms. The van der Waals surface area contributed by atoms with Crippen LogP contribution in [0.15, 0.2) is 18.2 Å². The van der Waals surface area contributed by atoms with E-state index in [0.29, 0.717) is 17.9 Å². The number of carbonyl (C=O) groups excluding carboxylic acids is 1. The summed E-state index contributed by atoms with van der Waals surface area (Å²) in [5, 5.41) is 15.8. The van der Waals surface area contributed by atoms with Crippen LogP contribution in [0.1, 0.15) is 49.4 Å². The number of hydrogen-bond acceptors (Lipinski definition) is 6. The lowest BCUT2D eigenvalue weighted by molar-refractivity contribution is 0.0600. The highest BCUT2D eigenvalue weighted by Gasteiger charge is 2.17. The zero-order valence-electron chi connectivity index (χ0n) is 14.3. The lowest BCUT2D eigenvalue weighted by Crippen LogP contribution is -2.24. The monoisotopic (exact) mass is 317 g/mol. The lowest BCUT2D eigenvalue weighted by atomic mass is 10.1. The summed E-state index contributed by atoms with van der Waals surface area (Å²) in [6, 6.07) is 5.46. The average molecular weight is 317 g/mol. The van der Waals surface area contributed by atoms with Gasteiger partial charge < -0.3 is 10.1 Å². The summed E-state index contributed by atoms with van der Waals surface area (Å²) in [4.78, 5) is 13.2. The molecule has 0 radical (unpaired) electrons. The number of esters is 1. The minimum Gasteiger partial charge on any atom is -0.465 e. The molecule has 0 amide bonds. The summed E-state index contributed by atoms with van der Waals surface area (Å²) in [5.74, 6) is 0.292. The average Bonchev–Trinajstić information content (AvgIpc) is 3.01. The number of anilines is 1. The van der Waals surface area contributed by atoms with E-state index in [9.17, 15) is 4.79 Å². The quantitative estimate of drug-likeness (QED) is 0.853. The van der Waals surface area contributed by atoms with Crippen LogP contribution in [0, 0.1) is 0 Å². The van der Waals surface area contributed by atoms with Crippen LogP contribution in [-0.4, -0.2) is 33.3 Å². The van der Waals surface area contributed by atoms with Crippen LogP contribution in [0.25, 0.3) is 0 Å². The first-order chi connectivity index (χ1) is 10.8. The largest absolute Gasteiger partial charge is 0.465 e. The van der Waals surface area contributed by atoms with Gasteiger partial charge in [0.25, 0.3) is 0 Å². The molecular weight excluding hydrogens is 294 g/mol. The topological polar surface area (TPSA) is 81.9 Å². The number of hydrogen-bond donors (Lipinski definition) is 1. The van der Waals surface area contributed by atoms with Gasteiger partial charge in [0.1, 0.15) is 0 Å². The highest BCUT2D eigenvalue weighted by molar-refractivity contribution is 5.90. The van der Waals surface area contributed by atoms with E-state index < -0.39 is 0 Å². The van der Waals surface area contributed by atoms with Crippen molar-refractivity contribution >= 4 is 11.7 Å². The molecule has 1 aromatic carbocycles. The second kappa shape index (κ2) is 6.76. The predicted molar refractivity (Wildman–Crippen MR) is 87.3 cm³/mol. The molecular formula is C16H23N5O2. The summed E-state index contributed by atoms with van der Waals surface area (Å²) in [6.07, 6.45) is 0.801. The van der Waals surface area contributed by atoms with Crippen molar-refractivity contribution in [2.45, 2.75) is 46.2 Å². The number of aryl methyl sites for hydroxylation is 1. The fourth-order valence-electron chi connectivity index (χ4n) is 2.08. The Hall–Kier alpha value is -2.44. The molecule has 0 spiro atoms. The minimum absolute atomic E-state index is 0.192. The van der Waals surface area contributed by atoms with Crippen molar-refractivity contribution in [1.82, 2.24) is 20.2 Å². The lowest BCUT2D eigenvalue weighted by Gasteiger charge is -2.15. The Morgan fingerprint density at radius 2 is 2.09 bits per heavy atom.